The molecule has 6 atom stereocenters. The Morgan fingerprint density at radius 3 is 2.32 bits per heavy atom. The monoisotopic (exact) mass is 468 g/mol. The topological polar surface area (TPSA) is 66.5 Å². The van der Waals surface area contributed by atoms with E-state index in [0.717, 1.165) is 16.9 Å². The highest BCUT2D eigenvalue weighted by atomic mass is 79.9. The zero-order valence-corrected chi connectivity index (χ0v) is 16.8. The first-order chi connectivity index (χ1) is 11.9. The van der Waals surface area contributed by atoms with Gasteiger partial charge in [-0.25, -0.2) is 0 Å². The molecule has 2 aliphatic carbocycles. The zero-order valence-electron chi connectivity index (χ0n) is 13.6. The highest BCUT2D eigenvalue weighted by Gasteiger charge is 2.66. The Balaban J connectivity index is 1.48. The van der Waals surface area contributed by atoms with E-state index in [1.54, 1.807) is 6.07 Å². The summed E-state index contributed by atoms with van der Waals surface area (Å²) in [6.07, 6.45) is 0.891. The van der Waals surface area contributed by atoms with E-state index < -0.39 is 0 Å². The van der Waals surface area contributed by atoms with Gasteiger partial charge in [-0.05, 0) is 42.9 Å². The van der Waals surface area contributed by atoms with Gasteiger partial charge in [-0.1, -0.05) is 44.0 Å². The molecule has 0 aromatic heterocycles. The number of hydrogen-bond acceptors (Lipinski definition) is 3. The molecule has 1 heterocycles. The van der Waals surface area contributed by atoms with Crippen LogP contribution in [0.15, 0.2) is 24.3 Å². The van der Waals surface area contributed by atoms with E-state index in [-0.39, 0.29) is 57.6 Å². The number of anilines is 1. The van der Waals surface area contributed by atoms with Crippen LogP contribution in [0.25, 0.3) is 0 Å². The van der Waals surface area contributed by atoms with Crippen molar-refractivity contribution in [2.24, 2.45) is 23.7 Å². The van der Waals surface area contributed by atoms with Crippen molar-refractivity contribution in [1.82, 2.24) is 4.90 Å². The number of halogens is 2. The number of hydrogen-bond donors (Lipinski definition) is 1. The average Bonchev–Trinajstić information content (AvgIpc) is 3.15. The van der Waals surface area contributed by atoms with Crippen molar-refractivity contribution in [1.29, 1.82) is 0 Å². The van der Waals surface area contributed by atoms with E-state index in [0.29, 0.717) is 5.69 Å². The van der Waals surface area contributed by atoms with E-state index in [1.807, 2.05) is 25.1 Å². The third-order valence-electron chi connectivity index (χ3n) is 5.68. The van der Waals surface area contributed by atoms with Crippen molar-refractivity contribution >= 4 is 55.3 Å². The van der Waals surface area contributed by atoms with Crippen LogP contribution in [0.4, 0.5) is 5.69 Å². The largest absolute Gasteiger partial charge is 0.325 e. The predicted molar refractivity (Wildman–Crippen MR) is 101 cm³/mol. The molecule has 7 heteroatoms. The predicted octanol–water partition coefficient (Wildman–Crippen LogP) is 2.71. The number of aryl methyl sites for hydroxylation is 1. The third kappa shape index (κ3) is 2.67. The number of alkyl halides is 2. The van der Waals surface area contributed by atoms with E-state index >= 15 is 0 Å². The molecule has 1 N–H and O–H groups in total. The SMILES string of the molecule is Cc1cccc(NC(=O)CN2C(=O)[C@@H]3[C@H]4C[C@@H]([C@H](Br)[C@@H]4Br)[C@@H]3C2=O)c1. The molecule has 0 spiro atoms. The number of fused-ring (bicyclic) bond motifs is 5. The van der Waals surface area contributed by atoms with Crippen molar-refractivity contribution in [3.8, 4) is 0 Å². The highest BCUT2D eigenvalue weighted by Crippen LogP contribution is 2.60. The lowest BCUT2D eigenvalue weighted by molar-refractivity contribution is -0.143. The van der Waals surface area contributed by atoms with Crippen LogP contribution in [0.3, 0.4) is 0 Å². The molecule has 0 radical (unpaired) electrons. The molecule has 2 bridgehead atoms. The summed E-state index contributed by atoms with van der Waals surface area (Å²) in [6.45, 7) is 1.73. The minimum absolute atomic E-state index is 0.167. The van der Waals surface area contributed by atoms with Crippen molar-refractivity contribution < 1.29 is 14.4 Å². The minimum Gasteiger partial charge on any atom is -0.325 e. The molecular formula is C18H18Br2N2O3. The Hall–Kier alpha value is -1.21. The summed E-state index contributed by atoms with van der Waals surface area (Å²) in [5.74, 6) is -0.937. The van der Waals surface area contributed by atoms with Gasteiger partial charge < -0.3 is 5.32 Å². The molecule has 1 aromatic rings. The number of carbonyl (C=O) groups excluding carboxylic acids is 3. The molecular weight excluding hydrogens is 452 g/mol. The fourth-order valence-electron chi connectivity index (χ4n) is 4.63. The van der Waals surface area contributed by atoms with Gasteiger partial charge in [-0.3, -0.25) is 19.3 Å². The minimum atomic E-state index is -0.342. The number of amides is 3. The molecule has 3 fully saturated rings. The van der Waals surface area contributed by atoms with Crippen LogP contribution in [-0.4, -0.2) is 38.8 Å². The van der Waals surface area contributed by atoms with Crippen LogP contribution in [0.2, 0.25) is 0 Å². The molecule has 1 aromatic carbocycles. The van der Waals surface area contributed by atoms with Gasteiger partial charge in [0.15, 0.2) is 0 Å². The maximum Gasteiger partial charge on any atom is 0.244 e. The quantitative estimate of drug-likeness (QED) is 0.546. The van der Waals surface area contributed by atoms with E-state index in [4.69, 9.17) is 0 Å². The Labute approximate surface area is 162 Å². The van der Waals surface area contributed by atoms with Crippen molar-refractivity contribution in [2.45, 2.75) is 23.0 Å². The van der Waals surface area contributed by atoms with Crippen LogP contribution in [0.1, 0.15) is 12.0 Å². The molecule has 2 saturated carbocycles. The van der Waals surface area contributed by atoms with Crippen molar-refractivity contribution in [3.63, 3.8) is 0 Å². The first-order valence-electron chi connectivity index (χ1n) is 8.38. The molecule has 1 saturated heterocycles. The van der Waals surface area contributed by atoms with Gasteiger partial charge in [0.05, 0.1) is 11.8 Å². The molecule has 25 heavy (non-hydrogen) atoms. The Morgan fingerprint density at radius 2 is 1.76 bits per heavy atom. The van der Waals surface area contributed by atoms with Gasteiger partial charge in [0.25, 0.3) is 0 Å². The van der Waals surface area contributed by atoms with E-state index in [2.05, 4.69) is 37.2 Å². The molecule has 1 aliphatic heterocycles. The summed E-state index contributed by atoms with van der Waals surface area (Å²) in [5.41, 5.74) is 1.70. The smallest absolute Gasteiger partial charge is 0.244 e. The Bertz CT molecular complexity index is 736. The van der Waals surface area contributed by atoms with Gasteiger partial charge in [0.2, 0.25) is 17.7 Å². The summed E-state index contributed by atoms with van der Waals surface area (Å²) in [4.78, 5) is 39.4. The molecule has 4 rings (SSSR count). The van der Waals surface area contributed by atoms with Gasteiger partial charge in [0, 0.05) is 15.3 Å². The van der Waals surface area contributed by atoms with E-state index in [9.17, 15) is 14.4 Å². The fraction of sp³-hybridized carbons (Fsp3) is 0.500. The Morgan fingerprint density at radius 1 is 1.16 bits per heavy atom. The van der Waals surface area contributed by atoms with Gasteiger partial charge in [0.1, 0.15) is 6.54 Å². The number of benzene rings is 1. The first-order valence-corrected chi connectivity index (χ1v) is 10.2. The second-order valence-electron chi connectivity index (χ2n) is 7.18. The van der Waals surface area contributed by atoms with Crippen LogP contribution >= 0.6 is 31.9 Å². The highest BCUT2D eigenvalue weighted by molar-refractivity contribution is 9.12. The zero-order chi connectivity index (χ0) is 17.9. The normalized spacial score (nSPS) is 36.0. The summed E-state index contributed by atoms with van der Waals surface area (Å²) >= 11 is 7.32. The summed E-state index contributed by atoms with van der Waals surface area (Å²) in [6, 6.07) is 7.43. The summed E-state index contributed by atoms with van der Waals surface area (Å²) < 4.78 is 0. The number of imide groups is 1. The van der Waals surface area contributed by atoms with Gasteiger partial charge in [-0.2, -0.15) is 0 Å². The molecule has 132 valence electrons. The maximum atomic E-state index is 12.8. The third-order valence-corrected chi connectivity index (χ3v) is 8.89. The number of nitrogens with one attached hydrogen (secondary N) is 1. The Kier molecular flexibility index (Phi) is 4.27. The number of rotatable bonds is 3. The van der Waals surface area contributed by atoms with Gasteiger partial charge in [-0.15, -0.1) is 0 Å². The molecule has 3 aliphatic rings. The van der Waals surface area contributed by atoms with Crippen LogP contribution in [-0.2, 0) is 14.4 Å². The lowest BCUT2D eigenvalue weighted by Gasteiger charge is -2.28. The number of carbonyl (C=O) groups is 3. The lowest BCUT2D eigenvalue weighted by atomic mass is 9.81. The van der Waals surface area contributed by atoms with Gasteiger partial charge >= 0.3 is 0 Å². The average molecular weight is 470 g/mol. The summed E-state index contributed by atoms with van der Waals surface area (Å²) in [5, 5.41) is 2.77. The molecule has 3 amide bonds. The van der Waals surface area contributed by atoms with Crippen LogP contribution in [0, 0.1) is 30.6 Å². The standard InChI is InChI=1S/C18H18Br2N2O3/c1-8-3-2-4-9(5-8)21-12(23)7-22-17(24)13-10-6-11(14(13)18(22)25)16(20)15(10)19/h2-5,10-11,13-16H,6-7H2,1H3,(H,21,23)/t10-,11-,13-,14+,15-,16+/m1/s1. The number of nitrogens with zero attached hydrogens (tertiary/aromatic N) is 1. The second kappa shape index (κ2) is 6.20. The number of likely N-dealkylation sites (tertiary alicyclic amines) is 1. The van der Waals surface area contributed by atoms with E-state index in [1.165, 1.54) is 0 Å². The van der Waals surface area contributed by atoms with Crippen molar-refractivity contribution in [3.05, 3.63) is 29.8 Å². The molecule has 0 unspecified atom stereocenters. The summed E-state index contributed by atoms with van der Waals surface area (Å²) in [7, 11) is 0. The van der Waals surface area contributed by atoms with Crippen LogP contribution < -0.4 is 5.32 Å². The lowest BCUT2D eigenvalue weighted by Crippen LogP contribution is -2.39. The first kappa shape index (κ1) is 17.2. The molecule has 5 nitrogen and oxygen atoms in total. The van der Waals surface area contributed by atoms with Crippen molar-refractivity contribution in [2.75, 3.05) is 11.9 Å². The fourth-order valence-corrected chi connectivity index (χ4v) is 6.51. The second-order valence-corrected chi connectivity index (χ2v) is 9.30. The van der Waals surface area contributed by atoms with Crippen LogP contribution in [0.5, 0.6) is 0 Å². The maximum absolute atomic E-state index is 12.8.